The summed E-state index contributed by atoms with van der Waals surface area (Å²) >= 11 is 11.8. The summed E-state index contributed by atoms with van der Waals surface area (Å²) in [6.45, 7) is 1.93. The molecule has 18 heavy (non-hydrogen) atoms. The third-order valence-electron chi connectivity index (χ3n) is 2.20. The molecule has 2 aromatic rings. The van der Waals surface area contributed by atoms with Gasteiger partial charge in [-0.15, -0.1) is 0 Å². The van der Waals surface area contributed by atoms with E-state index >= 15 is 0 Å². The zero-order valence-electron chi connectivity index (χ0n) is 9.74. The van der Waals surface area contributed by atoms with Crippen LogP contribution in [-0.4, -0.2) is 22.1 Å². The van der Waals surface area contributed by atoms with Gasteiger partial charge in [-0.05, 0) is 36.2 Å². The maximum atomic E-state index is 6.03. The lowest BCUT2D eigenvalue weighted by Gasteiger charge is -2.07. The largest absolute Gasteiger partial charge is 0.467 e. The molecule has 0 bridgehead atoms. The van der Waals surface area contributed by atoms with Gasteiger partial charge in [0.25, 0.3) is 0 Å². The van der Waals surface area contributed by atoms with Crippen LogP contribution >= 0.6 is 23.2 Å². The van der Waals surface area contributed by atoms with Gasteiger partial charge < -0.3 is 10.1 Å². The molecule has 7 heteroatoms. The van der Waals surface area contributed by atoms with Crippen LogP contribution in [0.5, 0.6) is 6.01 Å². The summed E-state index contributed by atoms with van der Waals surface area (Å²) < 4.78 is 4.90. The number of ether oxygens (including phenoxy) is 1. The van der Waals surface area contributed by atoms with Crippen molar-refractivity contribution in [2.45, 2.75) is 6.92 Å². The fraction of sp³-hybridized carbons (Fsp3) is 0.182. The minimum Gasteiger partial charge on any atom is -0.467 e. The molecule has 0 aliphatic heterocycles. The Bertz CT molecular complexity index is 577. The van der Waals surface area contributed by atoms with Gasteiger partial charge in [-0.1, -0.05) is 17.7 Å². The number of rotatable bonds is 3. The Balaban J connectivity index is 2.27. The summed E-state index contributed by atoms with van der Waals surface area (Å²) in [7, 11) is 1.46. The second-order valence-corrected chi connectivity index (χ2v) is 4.25. The van der Waals surface area contributed by atoms with E-state index in [1.165, 1.54) is 7.11 Å². The van der Waals surface area contributed by atoms with Crippen LogP contribution in [-0.2, 0) is 0 Å². The van der Waals surface area contributed by atoms with E-state index in [9.17, 15) is 0 Å². The van der Waals surface area contributed by atoms with Crippen LogP contribution in [0.2, 0.25) is 10.3 Å². The molecular weight excluding hydrogens is 275 g/mol. The highest BCUT2D eigenvalue weighted by Crippen LogP contribution is 2.22. The summed E-state index contributed by atoms with van der Waals surface area (Å²) in [4.78, 5) is 11.7. The minimum atomic E-state index is 0.0579. The topological polar surface area (TPSA) is 59.9 Å². The van der Waals surface area contributed by atoms with E-state index in [-0.39, 0.29) is 11.3 Å². The monoisotopic (exact) mass is 284 g/mol. The fourth-order valence-electron chi connectivity index (χ4n) is 1.28. The smallest absolute Gasteiger partial charge is 0.322 e. The maximum absolute atomic E-state index is 6.03. The van der Waals surface area contributed by atoms with Gasteiger partial charge in [0.1, 0.15) is 0 Å². The maximum Gasteiger partial charge on any atom is 0.322 e. The van der Waals surface area contributed by atoms with Crippen LogP contribution in [0, 0.1) is 6.92 Å². The standard InChI is InChI=1S/C11H10Cl2N4O/c1-6-3-4-7(5-8(6)12)14-10-15-9(13)16-11(17-10)18-2/h3-5H,1-2H3,(H,14,15,16,17). The van der Waals surface area contributed by atoms with Crippen molar-refractivity contribution in [3.8, 4) is 6.01 Å². The van der Waals surface area contributed by atoms with Gasteiger partial charge in [-0.3, -0.25) is 0 Å². The number of hydrogen-bond donors (Lipinski definition) is 1. The van der Waals surface area contributed by atoms with Gasteiger partial charge in [0.2, 0.25) is 11.2 Å². The van der Waals surface area contributed by atoms with Crippen LogP contribution in [0.4, 0.5) is 11.6 Å². The van der Waals surface area contributed by atoms with Gasteiger partial charge in [-0.2, -0.15) is 15.0 Å². The van der Waals surface area contributed by atoms with E-state index in [0.29, 0.717) is 11.0 Å². The highest BCUT2D eigenvalue weighted by molar-refractivity contribution is 6.31. The molecular formula is C11H10Cl2N4O. The molecule has 2 rings (SSSR count). The fourth-order valence-corrected chi connectivity index (χ4v) is 1.61. The third kappa shape index (κ3) is 3.00. The lowest BCUT2D eigenvalue weighted by atomic mass is 10.2. The number of aromatic nitrogens is 3. The predicted molar refractivity (Wildman–Crippen MR) is 70.9 cm³/mol. The molecule has 0 saturated carbocycles. The van der Waals surface area contributed by atoms with E-state index in [0.717, 1.165) is 11.3 Å². The van der Waals surface area contributed by atoms with Gasteiger partial charge in [0, 0.05) is 10.7 Å². The first kappa shape index (κ1) is 12.9. The number of halogens is 2. The number of hydrogen-bond acceptors (Lipinski definition) is 5. The van der Waals surface area contributed by atoms with E-state index in [1.807, 2.05) is 19.1 Å². The number of benzene rings is 1. The number of nitrogens with zero attached hydrogens (tertiary/aromatic N) is 3. The lowest BCUT2D eigenvalue weighted by Crippen LogP contribution is -2.01. The molecule has 1 aromatic carbocycles. The van der Waals surface area contributed by atoms with Crippen molar-refractivity contribution < 1.29 is 4.74 Å². The van der Waals surface area contributed by atoms with Crippen molar-refractivity contribution in [1.29, 1.82) is 0 Å². The van der Waals surface area contributed by atoms with Crippen molar-refractivity contribution in [3.63, 3.8) is 0 Å². The Morgan fingerprint density at radius 2 is 1.94 bits per heavy atom. The lowest BCUT2D eigenvalue weighted by molar-refractivity contribution is 0.379. The first-order valence-corrected chi connectivity index (χ1v) is 5.83. The van der Waals surface area contributed by atoms with Crippen molar-refractivity contribution in [1.82, 2.24) is 15.0 Å². The van der Waals surface area contributed by atoms with Crippen LogP contribution in [0.25, 0.3) is 0 Å². The molecule has 0 unspecified atom stereocenters. The minimum absolute atomic E-state index is 0.0579. The predicted octanol–water partition coefficient (Wildman–Crippen LogP) is 3.24. The molecule has 1 aromatic heterocycles. The molecule has 0 saturated heterocycles. The van der Waals surface area contributed by atoms with Gasteiger partial charge in [0.15, 0.2) is 0 Å². The Hall–Kier alpha value is -1.59. The van der Waals surface area contributed by atoms with Gasteiger partial charge in [-0.25, -0.2) is 0 Å². The van der Waals surface area contributed by atoms with Crippen molar-refractivity contribution in [3.05, 3.63) is 34.1 Å². The number of nitrogens with one attached hydrogen (secondary N) is 1. The SMILES string of the molecule is COc1nc(Cl)nc(Nc2ccc(C)c(Cl)c2)n1. The van der Waals surface area contributed by atoms with E-state index in [4.69, 9.17) is 27.9 Å². The zero-order chi connectivity index (χ0) is 13.1. The number of methoxy groups -OCH3 is 1. The van der Waals surface area contributed by atoms with E-state index in [1.54, 1.807) is 6.07 Å². The van der Waals surface area contributed by atoms with Crippen LogP contribution in [0.15, 0.2) is 18.2 Å². The first-order chi connectivity index (χ1) is 8.58. The molecule has 94 valence electrons. The highest BCUT2D eigenvalue weighted by atomic mass is 35.5. The molecule has 1 N–H and O–H groups in total. The molecule has 5 nitrogen and oxygen atoms in total. The summed E-state index contributed by atoms with van der Waals surface area (Å²) in [5.41, 5.74) is 1.75. The van der Waals surface area contributed by atoms with Crippen LogP contribution in [0.1, 0.15) is 5.56 Å². The van der Waals surface area contributed by atoms with Gasteiger partial charge in [0.05, 0.1) is 7.11 Å². The van der Waals surface area contributed by atoms with Crippen molar-refractivity contribution >= 4 is 34.8 Å². The molecule has 0 spiro atoms. The Morgan fingerprint density at radius 3 is 2.61 bits per heavy atom. The second-order valence-electron chi connectivity index (χ2n) is 3.50. The summed E-state index contributed by atoms with van der Waals surface area (Å²) in [5.74, 6) is 0.298. The summed E-state index contributed by atoms with van der Waals surface area (Å²) in [6, 6.07) is 5.69. The average molecular weight is 285 g/mol. The Labute approximate surface area is 114 Å². The van der Waals surface area contributed by atoms with Crippen LogP contribution in [0.3, 0.4) is 0 Å². The Kier molecular flexibility index (Phi) is 3.84. The van der Waals surface area contributed by atoms with Crippen LogP contribution < -0.4 is 10.1 Å². The molecule has 0 amide bonds. The first-order valence-electron chi connectivity index (χ1n) is 5.07. The van der Waals surface area contributed by atoms with Crippen molar-refractivity contribution in [2.75, 3.05) is 12.4 Å². The van der Waals surface area contributed by atoms with Gasteiger partial charge >= 0.3 is 6.01 Å². The number of aryl methyl sites for hydroxylation is 1. The van der Waals surface area contributed by atoms with Crippen molar-refractivity contribution in [2.24, 2.45) is 0 Å². The summed E-state index contributed by atoms with van der Waals surface area (Å²) in [6.07, 6.45) is 0. The third-order valence-corrected chi connectivity index (χ3v) is 2.77. The van der Waals surface area contributed by atoms with E-state index < -0.39 is 0 Å². The molecule has 0 fully saturated rings. The average Bonchev–Trinajstić information content (AvgIpc) is 2.33. The molecule has 0 radical (unpaired) electrons. The quantitative estimate of drug-likeness (QED) is 0.938. The second kappa shape index (κ2) is 5.37. The molecule has 0 aliphatic rings. The van der Waals surface area contributed by atoms with E-state index in [2.05, 4.69) is 20.3 Å². The normalized spacial score (nSPS) is 10.2. The molecule has 0 atom stereocenters. The Morgan fingerprint density at radius 1 is 1.17 bits per heavy atom. The molecule has 1 heterocycles. The highest BCUT2D eigenvalue weighted by Gasteiger charge is 2.06. The zero-order valence-corrected chi connectivity index (χ0v) is 11.2. The number of anilines is 2. The molecule has 0 aliphatic carbocycles. The summed E-state index contributed by atoms with van der Waals surface area (Å²) in [5, 5.41) is 3.69.